The topological polar surface area (TPSA) is 49.7 Å². The largest absolute Gasteiger partial charge is 0.387 e. The molecule has 6 atom stereocenters. The molecule has 1 aliphatic rings. The molecule has 0 bridgehead atoms. The van der Waals surface area contributed by atoms with Gasteiger partial charge in [-0.15, -0.1) is 32.7 Å². The van der Waals surface area contributed by atoms with E-state index >= 15 is 0 Å². The van der Waals surface area contributed by atoms with Crippen LogP contribution in [-0.2, 0) is 4.74 Å². The van der Waals surface area contributed by atoms with Crippen LogP contribution >= 0.6 is 21.3 Å². The van der Waals surface area contributed by atoms with Crippen molar-refractivity contribution in [2.24, 2.45) is 0 Å². The lowest BCUT2D eigenvalue weighted by Crippen LogP contribution is -2.44. The van der Waals surface area contributed by atoms with Crippen molar-refractivity contribution in [2.45, 2.75) is 70.5 Å². The first kappa shape index (κ1) is 27.6. The Morgan fingerprint density at radius 2 is 1.59 bits per heavy atom. The molecule has 1 fully saturated rings. The van der Waals surface area contributed by atoms with Gasteiger partial charge in [-0.05, 0) is 68.9 Å². The first-order valence-corrected chi connectivity index (χ1v) is 17.9. The van der Waals surface area contributed by atoms with E-state index in [0.717, 1.165) is 17.6 Å². The summed E-state index contributed by atoms with van der Waals surface area (Å²) < 4.78 is 6.43. The average Bonchev–Trinajstić information content (AvgIpc) is 2.80. The van der Waals surface area contributed by atoms with Crippen LogP contribution in [0.5, 0.6) is 0 Å². The lowest BCUT2D eigenvalue weighted by molar-refractivity contribution is -0.111. The molecule has 1 rings (SSSR count). The summed E-state index contributed by atoms with van der Waals surface area (Å²) in [6.07, 6.45) is 18.4. The molecule has 0 aliphatic heterocycles. The van der Waals surface area contributed by atoms with E-state index in [1.165, 1.54) is 24.6 Å². The highest BCUT2D eigenvalue weighted by atomic mass is 31.2. The van der Waals surface area contributed by atoms with Crippen LogP contribution < -0.4 is 0 Å². The summed E-state index contributed by atoms with van der Waals surface area (Å²) in [4.78, 5) is 0. The van der Waals surface area contributed by atoms with Crippen LogP contribution in [0.2, 0.25) is 5.82 Å². The number of ether oxygens (including phenoxy) is 1. The molecule has 2 N–H and O–H groups in total. The molecule has 0 amide bonds. The third kappa shape index (κ3) is 6.31. The molecule has 29 heavy (non-hydrogen) atoms. The molecule has 1 aliphatic carbocycles. The van der Waals surface area contributed by atoms with Gasteiger partial charge < -0.3 is 14.9 Å². The van der Waals surface area contributed by atoms with E-state index in [0.29, 0.717) is 0 Å². The smallest absolute Gasteiger partial charge is 0.114 e. The average molecular weight is 462 g/mol. The molecule has 1 saturated carbocycles. The summed E-state index contributed by atoms with van der Waals surface area (Å²) in [6, 6.07) is 0. The van der Waals surface area contributed by atoms with Crippen molar-refractivity contribution in [3.8, 4) is 0 Å². The highest BCUT2D eigenvalue weighted by Crippen LogP contribution is 2.59. The molecule has 0 aromatic carbocycles. The van der Waals surface area contributed by atoms with E-state index < -0.39 is 44.5 Å². The van der Waals surface area contributed by atoms with E-state index in [1.54, 1.807) is 6.92 Å². The van der Waals surface area contributed by atoms with Crippen molar-refractivity contribution >= 4 is 48.1 Å². The molecule has 7 heteroatoms. The van der Waals surface area contributed by atoms with Crippen molar-refractivity contribution < 1.29 is 14.9 Å². The Bertz CT molecular complexity index is 706. The van der Waals surface area contributed by atoms with E-state index in [2.05, 4.69) is 53.8 Å². The van der Waals surface area contributed by atoms with Gasteiger partial charge in [0.15, 0.2) is 0 Å². The summed E-state index contributed by atoms with van der Waals surface area (Å²) in [5, 5.41) is 20.8. The summed E-state index contributed by atoms with van der Waals surface area (Å²) in [7, 11) is 0.771. The first-order chi connectivity index (χ1) is 13.1. The fourth-order valence-corrected chi connectivity index (χ4v) is 15.2. The Labute approximate surface area is 182 Å². The third-order valence-corrected chi connectivity index (χ3v) is 20.3. The zero-order valence-electron chi connectivity index (χ0n) is 20.0. The van der Waals surface area contributed by atoms with Crippen LogP contribution in [-0.4, -0.2) is 96.8 Å². The van der Waals surface area contributed by atoms with Crippen molar-refractivity contribution in [3.05, 3.63) is 12.2 Å². The Balaban J connectivity index is 2.91. The van der Waals surface area contributed by atoms with Crippen LogP contribution in [0, 0.1) is 0 Å². The van der Waals surface area contributed by atoms with Gasteiger partial charge in [0.2, 0.25) is 0 Å². The molecule has 0 heterocycles. The second kappa shape index (κ2) is 10.0. The number of hydrogen-bond donors (Lipinski definition) is 2. The fourth-order valence-electron chi connectivity index (χ4n) is 3.84. The zero-order chi connectivity index (χ0) is 22.8. The summed E-state index contributed by atoms with van der Waals surface area (Å²) in [6.45, 7) is 14.4. The van der Waals surface area contributed by atoms with Gasteiger partial charge in [0.1, 0.15) is 20.1 Å². The molecule has 0 saturated heterocycles. The van der Waals surface area contributed by atoms with Crippen molar-refractivity contribution in [2.75, 3.05) is 36.7 Å². The first-order valence-electron chi connectivity index (χ1n) is 10.9. The molecular weight excluding hydrogens is 416 g/mol. The van der Waals surface area contributed by atoms with Crippen LogP contribution in [0.3, 0.4) is 0 Å². The number of aliphatic hydroxyl groups is 2. The Hall–Kier alpha value is 0.585. The van der Waals surface area contributed by atoms with Gasteiger partial charge in [-0.1, -0.05) is 34.9 Å². The minimum absolute atomic E-state index is 0.203. The Morgan fingerprint density at radius 1 is 1.14 bits per heavy atom. The van der Waals surface area contributed by atoms with Gasteiger partial charge in [-0.2, -0.15) is 0 Å². The van der Waals surface area contributed by atoms with Crippen LogP contribution in [0.15, 0.2) is 12.2 Å². The SMILES string of the molecule is B[C@@H]1C(=C)[C@H](OC(C)(C)[PH](=C)CP(=C)(CC)CCP(=C)(CC)CC)[C@@H](O)[C@@]1(C)O. The molecule has 0 radical (unpaired) electrons. The molecule has 0 aromatic rings. The highest BCUT2D eigenvalue weighted by molar-refractivity contribution is 7.84. The normalized spacial score (nSPS) is 31.6. The van der Waals surface area contributed by atoms with Crippen LogP contribution in [0.25, 0.3) is 0 Å². The zero-order valence-corrected chi connectivity index (χ0v) is 22.8. The van der Waals surface area contributed by atoms with Crippen molar-refractivity contribution in [1.29, 1.82) is 0 Å². The maximum Gasteiger partial charge on any atom is 0.114 e. The summed E-state index contributed by atoms with van der Waals surface area (Å²) in [5.41, 5.74) is -0.436. The number of hydrogen-bond acceptors (Lipinski definition) is 3. The van der Waals surface area contributed by atoms with Gasteiger partial charge in [0.05, 0.1) is 10.9 Å². The van der Waals surface area contributed by atoms with Crippen molar-refractivity contribution in [3.63, 3.8) is 0 Å². The molecule has 3 nitrogen and oxygen atoms in total. The maximum absolute atomic E-state index is 10.7. The van der Waals surface area contributed by atoms with Gasteiger partial charge in [0.25, 0.3) is 0 Å². The fraction of sp³-hybridized carbons (Fsp3) is 0.773. The molecule has 0 aromatic heterocycles. The lowest BCUT2D eigenvalue weighted by Gasteiger charge is -2.38. The van der Waals surface area contributed by atoms with Gasteiger partial charge in [-0.25, -0.2) is 0 Å². The van der Waals surface area contributed by atoms with E-state index in [4.69, 9.17) is 11.0 Å². The van der Waals surface area contributed by atoms with Gasteiger partial charge in [-0.3, -0.25) is 0 Å². The third-order valence-electron chi connectivity index (χ3n) is 7.54. The number of rotatable bonds is 11. The lowest BCUT2D eigenvalue weighted by atomic mass is 9.74. The van der Waals surface area contributed by atoms with Crippen LogP contribution in [0.1, 0.15) is 41.5 Å². The minimum atomic E-state index is -1.33. The summed E-state index contributed by atoms with van der Waals surface area (Å²) >= 11 is 0. The number of aliphatic hydroxyl groups excluding tert-OH is 1. The predicted molar refractivity (Wildman–Crippen MR) is 147 cm³/mol. The maximum atomic E-state index is 10.7. The van der Waals surface area contributed by atoms with Crippen molar-refractivity contribution in [1.82, 2.24) is 0 Å². The quantitative estimate of drug-likeness (QED) is 0.279. The minimum Gasteiger partial charge on any atom is -0.387 e. The summed E-state index contributed by atoms with van der Waals surface area (Å²) in [5.74, 6) is 0.863. The Kier molecular flexibility index (Phi) is 9.55. The van der Waals surface area contributed by atoms with Gasteiger partial charge >= 0.3 is 0 Å². The van der Waals surface area contributed by atoms with Crippen LogP contribution in [0.4, 0.5) is 0 Å². The highest BCUT2D eigenvalue weighted by Gasteiger charge is 2.52. The van der Waals surface area contributed by atoms with E-state index in [1.807, 2.05) is 7.85 Å². The molecule has 170 valence electrons. The second-order valence-corrected chi connectivity index (χ2v) is 21.7. The molecule has 2 unspecified atom stereocenters. The monoisotopic (exact) mass is 462 g/mol. The second-order valence-electron chi connectivity index (χ2n) is 9.86. The molecule has 0 spiro atoms. The van der Waals surface area contributed by atoms with Gasteiger partial charge in [0, 0.05) is 0 Å². The predicted octanol–water partition coefficient (Wildman–Crippen LogP) is 3.77. The van der Waals surface area contributed by atoms with E-state index in [9.17, 15) is 10.2 Å². The molecular formula is C22H46BO3P3. The Morgan fingerprint density at radius 3 is 1.97 bits per heavy atom. The standard InChI is InChI=1S/C22H46BO3P3/c1-11-28(9,12-2)14-15-29(10,13-3)16-27(8)21(5,6)26-18-17(4)19(23)22(7,25)20(18)24/h18-20,24-25,27H,4,8-16,23H2,1-3,5-7H3/t18-,19+,20+,22-,29?/m0/s1. The van der Waals surface area contributed by atoms with E-state index in [-0.39, 0.29) is 5.82 Å².